The van der Waals surface area contributed by atoms with Crippen molar-refractivity contribution in [2.24, 2.45) is 0 Å². The first kappa shape index (κ1) is 10.7. The van der Waals surface area contributed by atoms with Crippen LogP contribution in [-0.2, 0) is 4.79 Å². The van der Waals surface area contributed by atoms with Crippen LogP contribution in [0, 0.1) is 0 Å². The van der Waals surface area contributed by atoms with Crippen molar-refractivity contribution in [3.8, 4) is 0 Å². The van der Waals surface area contributed by atoms with Gasteiger partial charge in [0.2, 0.25) is 0 Å². The highest BCUT2D eigenvalue weighted by Crippen LogP contribution is 2.12. The Morgan fingerprint density at radius 1 is 1.29 bits per heavy atom. The SMILES string of the molecule is CCC/C(=C\c1ccccc1)C(C)=O. The molecule has 0 amide bonds. The number of hydrogen-bond donors (Lipinski definition) is 0. The molecule has 0 saturated carbocycles. The predicted octanol–water partition coefficient (Wildman–Crippen LogP) is 3.46. The quantitative estimate of drug-likeness (QED) is 0.661. The largest absolute Gasteiger partial charge is 0.295 e. The Kier molecular flexibility index (Phi) is 4.11. The fourth-order valence-corrected chi connectivity index (χ4v) is 1.37. The number of rotatable bonds is 4. The van der Waals surface area contributed by atoms with Crippen molar-refractivity contribution in [3.63, 3.8) is 0 Å². The van der Waals surface area contributed by atoms with Gasteiger partial charge in [0.1, 0.15) is 0 Å². The van der Waals surface area contributed by atoms with E-state index in [1.807, 2.05) is 36.4 Å². The Balaban J connectivity index is 2.88. The van der Waals surface area contributed by atoms with Crippen molar-refractivity contribution in [3.05, 3.63) is 41.5 Å². The molecule has 1 rings (SSSR count). The molecule has 1 heteroatoms. The molecule has 0 aliphatic carbocycles. The first-order chi connectivity index (χ1) is 6.74. The highest BCUT2D eigenvalue weighted by atomic mass is 16.1. The molecular weight excluding hydrogens is 172 g/mol. The lowest BCUT2D eigenvalue weighted by atomic mass is 10.0. The molecule has 14 heavy (non-hydrogen) atoms. The predicted molar refractivity (Wildman–Crippen MR) is 60.0 cm³/mol. The molecule has 1 nitrogen and oxygen atoms in total. The van der Waals surface area contributed by atoms with Gasteiger partial charge >= 0.3 is 0 Å². The van der Waals surface area contributed by atoms with E-state index in [4.69, 9.17) is 0 Å². The molecule has 0 aliphatic rings. The van der Waals surface area contributed by atoms with Crippen molar-refractivity contribution in [1.29, 1.82) is 0 Å². The first-order valence-corrected chi connectivity index (χ1v) is 5.00. The third kappa shape index (κ3) is 3.17. The maximum absolute atomic E-state index is 11.3. The van der Waals surface area contributed by atoms with Gasteiger partial charge in [0, 0.05) is 0 Å². The Morgan fingerprint density at radius 3 is 2.43 bits per heavy atom. The van der Waals surface area contributed by atoms with Gasteiger partial charge in [-0.2, -0.15) is 0 Å². The standard InChI is InChI=1S/C13H16O/c1-3-7-13(11(2)14)10-12-8-5-4-6-9-12/h4-6,8-10H,3,7H2,1-2H3/b13-10+. The fraction of sp³-hybridized carbons (Fsp3) is 0.308. The van der Waals surface area contributed by atoms with Crippen molar-refractivity contribution < 1.29 is 4.79 Å². The zero-order chi connectivity index (χ0) is 10.4. The number of allylic oxidation sites excluding steroid dienone is 1. The molecule has 0 radical (unpaired) electrons. The average Bonchev–Trinajstić information content (AvgIpc) is 2.18. The topological polar surface area (TPSA) is 17.1 Å². The summed E-state index contributed by atoms with van der Waals surface area (Å²) in [5, 5.41) is 0. The van der Waals surface area contributed by atoms with E-state index in [1.54, 1.807) is 6.92 Å². The first-order valence-electron chi connectivity index (χ1n) is 5.00. The van der Waals surface area contributed by atoms with E-state index in [0.717, 1.165) is 24.0 Å². The molecule has 1 aromatic rings. The lowest BCUT2D eigenvalue weighted by molar-refractivity contribution is -0.113. The summed E-state index contributed by atoms with van der Waals surface area (Å²) in [6.07, 6.45) is 3.86. The van der Waals surface area contributed by atoms with E-state index >= 15 is 0 Å². The van der Waals surface area contributed by atoms with Crippen LogP contribution in [0.15, 0.2) is 35.9 Å². The van der Waals surface area contributed by atoms with Crippen molar-refractivity contribution >= 4 is 11.9 Å². The molecule has 0 spiro atoms. The van der Waals surface area contributed by atoms with Gasteiger partial charge in [0.25, 0.3) is 0 Å². The third-order valence-corrected chi connectivity index (χ3v) is 2.11. The lowest BCUT2D eigenvalue weighted by Crippen LogP contribution is -1.95. The summed E-state index contributed by atoms with van der Waals surface area (Å²) in [6.45, 7) is 3.71. The molecule has 0 saturated heterocycles. The summed E-state index contributed by atoms with van der Waals surface area (Å²) in [6, 6.07) is 9.97. The number of ketones is 1. The molecule has 0 N–H and O–H groups in total. The van der Waals surface area contributed by atoms with Crippen LogP contribution in [0.3, 0.4) is 0 Å². The van der Waals surface area contributed by atoms with E-state index in [1.165, 1.54) is 0 Å². The molecule has 0 aromatic heterocycles. The average molecular weight is 188 g/mol. The van der Waals surface area contributed by atoms with Crippen molar-refractivity contribution in [2.45, 2.75) is 26.7 Å². The van der Waals surface area contributed by atoms with Gasteiger partial charge in [-0.3, -0.25) is 4.79 Å². The number of Topliss-reactive ketones (excluding diaryl/α,β-unsaturated/α-hetero) is 1. The van der Waals surface area contributed by atoms with Crippen LogP contribution in [0.1, 0.15) is 32.3 Å². The molecule has 74 valence electrons. The molecular formula is C13H16O. The fourth-order valence-electron chi connectivity index (χ4n) is 1.37. The Morgan fingerprint density at radius 2 is 1.93 bits per heavy atom. The van der Waals surface area contributed by atoms with Gasteiger partial charge in [-0.15, -0.1) is 0 Å². The maximum Gasteiger partial charge on any atom is 0.155 e. The zero-order valence-corrected chi connectivity index (χ0v) is 8.79. The summed E-state index contributed by atoms with van der Waals surface area (Å²) in [5.41, 5.74) is 2.02. The Hall–Kier alpha value is -1.37. The Labute approximate surface area is 85.5 Å². The lowest BCUT2D eigenvalue weighted by Gasteiger charge is -2.01. The number of hydrogen-bond acceptors (Lipinski definition) is 1. The van der Waals surface area contributed by atoms with Crippen LogP contribution in [0.5, 0.6) is 0 Å². The molecule has 0 bridgehead atoms. The minimum atomic E-state index is 0.177. The third-order valence-electron chi connectivity index (χ3n) is 2.11. The van der Waals surface area contributed by atoms with E-state index in [2.05, 4.69) is 6.92 Å². The van der Waals surface area contributed by atoms with Gasteiger partial charge < -0.3 is 0 Å². The van der Waals surface area contributed by atoms with Gasteiger partial charge in [0.05, 0.1) is 0 Å². The summed E-state index contributed by atoms with van der Waals surface area (Å²) in [4.78, 5) is 11.3. The molecule has 0 aliphatic heterocycles. The minimum Gasteiger partial charge on any atom is -0.295 e. The maximum atomic E-state index is 11.3. The number of carbonyl (C=O) groups excluding carboxylic acids is 1. The normalized spacial score (nSPS) is 11.4. The monoisotopic (exact) mass is 188 g/mol. The second kappa shape index (κ2) is 5.38. The van der Waals surface area contributed by atoms with Crippen LogP contribution >= 0.6 is 0 Å². The van der Waals surface area contributed by atoms with Gasteiger partial charge in [-0.25, -0.2) is 0 Å². The number of benzene rings is 1. The van der Waals surface area contributed by atoms with E-state index in [9.17, 15) is 4.79 Å². The second-order valence-electron chi connectivity index (χ2n) is 3.39. The molecule has 0 unspecified atom stereocenters. The summed E-state index contributed by atoms with van der Waals surface area (Å²) < 4.78 is 0. The van der Waals surface area contributed by atoms with E-state index in [0.29, 0.717) is 0 Å². The van der Waals surface area contributed by atoms with Crippen LogP contribution in [-0.4, -0.2) is 5.78 Å². The highest BCUT2D eigenvalue weighted by Gasteiger charge is 2.01. The van der Waals surface area contributed by atoms with Crippen molar-refractivity contribution in [2.75, 3.05) is 0 Å². The molecule has 0 fully saturated rings. The summed E-state index contributed by atoms with van der Waals surface area (Å²) in [7, 11) is 0. The van der Waals surface area contributed by atoms with E-state index in [-0.39, 0.29) is 5.78 Å². The number of carbonyl (C=O) groups is 1. The Bertz CT molecular complexity index is 322. The van der Waals surface area contributed by atoms with Crippen LogP contribution in [0.25, 0.3) is 6.08 Å². The van der Waals surface area contributed by atoms with Crippen molar-refractivity contribution in [1.82, 2.24) is 0 Å². The molecule has 0 atom stereocenters. The summed E-state index contributed by atoms with van der Waals surface area (Å²) in [5.74, 6) is 0.177. The highest BCUT2D eigenvalue weighted by molar-refractivity contribution is 5.97. The smallest absolute Gasteiger partial charge is 0.155 e. The second-order valence-corrected chi connectivity index (χ2v) is 3.39. The molecule has 1 aromatic carbocycles. The molecule has 0 heterocycles. The zero-order valence-electron chi connectivity index (χ0n) is 8.79. The van der Waals surface area contributed by atoms with Crippen LogP contribution in [0.2, 0.25) is 0 Å². The van der Waals surface area contributed by atoms with Gasteiger partial charge in [0.15, 0.2) is 5.78 Å². The van der Waals surface area contributed by atoms with Gasteiger partial charge in [-0.1, -0.05) is 43.7 Å². The van der Waals surface area contributed by atoms with Crippen LogP contribution in [0.4, 0.5) is 0 Å². The van der Waals surface area contributed by atoms with Crippen LogP contribution < -0.4 is 0 Å². The summed E-state index contributed by atoms with van der Waals surface area (Å²) >= 11 is 0. The van der Waals surface area contributed by atoms with Gasteiger partial charge in [-0.05, 0) is 30.6 Å². The minimum absolute atomic E-state index is 0.177. The van der Waals surface area contributed by atoms with E-state index < -0.39 is 0 Å².